The molecule has 1 fully saturated rings. The number of aromatic amines is 1. The Labute approximate surface area is 97.8 Å². The summed E-state index contributed by atoms with van der Waals surface area (Å²) in [5.74, 6) is 1.79. The Bertz CT molecular complexity index is 356. The predicted molar refractivity (Wildman–Crippen MR) is 66.5 cm³/mol. The molecule has 0 radical (unpaired) electrons. The Hall–Kier alpha value is -0.830. The van der Waals surface area contributed by atoms with Crippen molar-refractivity contribution < 1.29 is 0 Å². The first-order valence-electron chi connectivity index (χ1n) is 6.33. The molecule has 3 heteroatoms. The van der Waals surface area contributed by atoms with E-state index in [4.69, 9.17) is 10.7 Å². The second-order valence-electron chi connectivity index (χ2n) is 5.59. The van der Waals surface area contributed by atoms with E-state index >= 15 is 0 Å². The van der Waals surface area contributed by atoms with Gasteiger partial charge in [-0.15, -0.1) is 0 Å². The van der Waals surface area contributed by atoms with E-state index in [0.717, 1.165) is 18.8 Å². The highest BCUT2D eigenvalue weighted by atomic mass is 15.0. The van der Waals surface area contributed by atoms with Gasteiger partial charge >= 0.3 is 0 Å². The summed E-state index contributed by atoms with van der Waals surface area (Å²) >= 11 is 0. The zero-order valence-electron chi connectivity index (χ0n) is 10.6. The van der Waals surface area contributed by atoms with Crippen LogP contribution in [0, 0.1) is 12.8 Å². The number of hydrogen-bond acceptors (Lipinski definition) is 2. The molecule has 90 valence electrons. The molecule has 0 atom stereocenters. The summed E-state index contributed by atoms with van der Waals surface area (Å²) in [6, 6.07) is 0. The van der Waals surface area contributed by atoms with Crippen molar-refractivity contribution >= 4 is 0 Å². The standard InChI is InChI=1S/C13H23N3/c1-9(2)7-11-10(3)15-12(16-11)13(8-14)5-4-6-13/h9H,4-8,14H2,1-3H3,(H,15,16). The van der Waals surface area contributed by atoms with Crippen LogP contribution in [-0.2, 0) is 11.8 Å². The molecule has 1 aliphatic carbocycles. The fourth-order valence-electron chi connectivity index (χ4n) is 2.47. The fraction of sp³-hybridized carbons (Fsp3) is 0.769. The molecule has 1 heterocycles. The third-order valence-corrected chi connectivity index (χ3v) is 3.79. The van der Waals surface area contributed by atoms with Crippen LogP contribution < -0.4 is 5.73 Å². The molecular formula is C13H23N3. The molecule has 3 nitrogen and oxygen atoms in total. The van der Waals surface area contributed by atoms with Gasteiger partial charge in [0.2, 0.25) is 0 Å². The van der Waals surface area contributed by atoms with Crippen molar-refractivity contribution in [3.8, 4) is 0 Å². The first-order chi connectivity index (χ1) is 7.57. The van der Waals surface area contributed by atoms with Crippen molar-refractivity contribution in [3.05, 3.63) is 17.2 Å². The van der Waals surface area contributed by atoms with Crippen LogP contribution >= 0.6 is 0 Å². The Morgan fingerprint density at radius 3 is 2.56 bits per heavy atom. The topological polar surface area (TPSA) is 54.7 Å². The fourth-order valence-corrected chi connectivity index (χ4v) is 2.47. The maximum Gasteiger partial charge on any atom is 0.114 e. The van der Waals surface area contributed by atoms with Crippen molar-refractivity contribution in [2.24, 2.45) is 11.7 Å². The molecule has 0 spiro atoms. The minimum absolute atomic E-state index is 0.167. The van der Waals surface area contributed by atoms with Crippen LogP contribution in [0.2, 0.25) is 0 Å². The zero-order chi connectivity index (χ0) is 11.8. The van der Waals surface area contributed by atoms with E-state index in [2.05, 4.69) is 25.8 Å². The number of aromatic nitrogens is 2. The van der Waals surface area contributed by atoms with Gasteiger partial charge in [-0.1, -0.05) is 20.3 Å². The normalized spacial score (nSPS) is 18.8. The van der Waals surface area contributed by atoms with Gasteiger partial charge in [0.15, 0.2) is 0 Å². The SMILES string of the molecule is Cc1[nH]c(C2(CN)CCC2)nc1CC(C)C. The van der Waals surface area contributed by atoms with Crippen LogP contribution in [-0.4, -0.2) is 16.5 Å². The second kappa shape index (κ2) is 4.21. The molecule has 0 aliphatic heterocycles. The predicted octanol–water partition coefficient (Wildman–Crippen LogP) is 2.30. The minimum Gasteiger partial charge on any atom is -0.345 e. The summed E-state index contributed by atoms with van der Waals surface area (Å²) in [5.41, 5.74) is 8.52. The van der Waals surface area contributed by atoms with E-state index in [-0.39, 0.29) is 5.41 Å². The van der Waals surface area contributed by atoms with Crippen LogP contribution in [0.5, 0.6) is 0 Å². The summed E-state index contributed by atoms with van der Waals surface area (Å²) in [7, 11) is 0. The van der Waals surface area contributed by atoms with Gasteiger partial charge in [-0.25, -0.2) is 4.98 Å². The maximum atomic E-state index is 5.90. The molecule has 1 aromatic rings. The summed E-state index contributed by atoms with van der Waals surface area (Å²) in [6.45, 7) is 7.31. The Kier molecular flexibility index (Phi) is 3.06. The van der Waals surface area contributed by atoms with Crippen LogP contribution in [0.3, 0.4) is 0 Å². The van der Waals surface area contributed by atoms with Crippen molar-refractivity contribution in [1.29, 1.82) is 0 Å². The average Bonchev–Trinajstić information content (AvgIpc) is 2.46. The highest BCUT2D eigenvalue weighted by molar-refractivity contribution is 5.22. The molecule has 1 saturated carbocycles. The Morgan fingerprint density at radius 1 is 1.44 bits per heavy atom. The molecule has 0 bridgehead atoms. The van der Waals surface area contributed by atoms with Crippen molar-refractivity contribution in [2.45, 2.75) is 51.9 Å². The molecule has 0 amide bonds. The highest BCUT2D eigenvalue weighted by Gasteiger charge is 2.40. The lowest BCUT2D eigenvalue weighted by molar-refractivity contribution is 0.239. The molecule has 1 aromatic heterocycles. The van der Waals surface area contributed by atoms with Gasteiger partial charge in [-0.05, 0) is 32.1 Å². The molecule has 0 unspecified atom stereocenters. The third kappa shape index (κ3) is 1.88. The first kappa shape index (κ1) is 11.6. The van der Waals surface area contributed by atoms with E-state index in [0.29, 0.717) is 5.92 Å². The summed E-state index contributed by atoms with van der Waals surface area (Å²) in [6.07, 6.45) is 4.73. The highest BCUT2D eigenvalue weighted by Crippen LogP contribution is 2.41. The average molecular weight is 221 g/mol. The smallest absolute Gasteiger partial charge is 0.114 e. The number of H-pyrrole nitrogens is 1. The van der Waals surface area contributed by atoms with E-state index in [1.165, 1.54) is 30.7 Å². The maximum absolute atomic E-state index is 5.90. The molecule has 0 saturated heterocycles. The van der Waals surface area contributed by atoms with Crippen molar-refractivity contribution in [3.63, 3.8) is 0 Å². The van der Waals surface area contributed by atoms with Gasteiger partial charge in [0, 0.05) is 17.7 Å². The number of nitrogens with two attached hydrogens (primary N) is 1. The lowest BCUT2D eigenvalue weighted by Crippen LogP contribution is -2.42. The van der Waals surface area contributed by atoms with Gasteiger partial charge in [0.1, 0.15) is 5.82 Å². The second-order valence-corrected chi connectivity index (χ2v) is 5.59. The summed E-state index contributed by atoms with van der Waals surface area (Å²) in [4.78, 5) is 8.23. The lowest BCUT2D eigenvalue weighted by Gasteiger charge is -2.39. The monoisotopic (exact) mass is 221 g/mol. The molecule has 2 rings (SSSR count). The van der Waals surface area contributed by atoms with Crippen LogP contribution in [0.25, 0.3) is 0 Å². The molecule has 0 aromatic carbocycles. The number of rotatable bonds is 4. The quantitative estimate of drug-likeness (QED) is 0.819. The third-order valence-electron chi connectivity index (χ3n) is 3.79. The molecular weight excluding hydrogens is 198 g/mol. The largest absolute Gasteiger partial charge is 0.345 e. The summed E-state index contributed by atoms with van der Waals surface area (Å²) in [5, 5.41) is 0. The first-order valence-corrected chi connectivity index (χ1v) is 6.33. The number of aryl methyl sites for hydroxylation is 1. The van der Waals surface area contributed by atoms with Crippen LogP contribution in [0.15, 0.2) is 0 Å². The Balaban J connectivity index is 2.23. The number of nitrogens with one attached hydrogen (secondary N) is 1. The molecule has 3 N–H and O–H groups in total. The van der Waals surface area contributed by atoms with E-state index in [1.54, 1.807) is 0 Å². The number of nitrogens with zero attached hydrogens (tertiary/aromatic N) is 1. The van der Waals surface area contributed by atoms with E-state index in [1.807, 2.05) is 0 Å². The summed E-state index contributed by atoms with van der Waals surface area (Å²) < 4.78 is 0. The van der Waals surface area contributed by atoms with Gasteiger partial charge < -0.3 is 10.7 Å². The van der Waals surface area contributed by atoms with Crippen LogP contribution in [0.1, 0.15) is 50.3 Å². The van der Waals surface area contributed by atoms with E-state index < -0.39 is 0 Å². The van der Waals surface area contributed by atoms with Gasteiger partial charge in [0.05, 0.1) is 5.69 Å². The number of imidazole rings is 1. The zero-order valence-corrected chi connectivity index (χ0v) is 10.6. The van der Waals surface area contributed by atoms with Gasteiger partial charge in [-0.2, -0.15) is 0 Å². The lowest BCUT2D eigenvalue weighted by atomic mass is 9.68. The Morgan fingerprint density at radius 2 is 2.12 bits per heavy atom. The number of hydrogen-bond donors (Lipinski definition) is 2. The minimum atomic E-state index is 0.167. The van der Waals surface area contributed by atoms with Crippen molar-refractivity contribution in [1.82, 2.24) is 9.97 Å². The molecule has 1 aliphatic rings. The van der Waals surface area contributed by atoms with Gasteiger partial charge in [0.25, 0.3) is 0 Å². The van der Waals surface area contributed by atoms with E-state index in [9.17, 15) is 0 Å². The van der Waals surface area contributed by atoms with Gasteiger partial charge in [-0.3, -0.25) is 0 Å². The molecule has 16 heavy (non-hydrogen) atoms. The van der Waals surface area contributed by atoms with Crippen LogP contribution in [0.4, 0.5) is 0 Å². The van der Waals surface area contributed by atoms with Crippen molar-refractivity contribution in [2.75, 3.05) is 6.54 Å².